The molecule has 31 heavy (non-hydrogen) atoms. The Labute approximate surface area is 186 Å². The molecule has 0 spiro atoms. The van der Waals surface area contributed by atoms with Crippen LogP contribution in [0.5, 0.6) is 5.75 Å². The van der Waals surface area contributed by atoms with Gasteiger partial charge in [0.25, 0.3) is 5.91 Å². The van der Waals surface area contributed by atoms with Crippen molar-refractivity contribution >= 4 is 29.1 Å². The zero-order valence-corrected chi connectivity index (χ0v) is 18.4. The lowest BCUT2D eigenvalue weighted by Gasteiger charge is -2.19. The number of aryl methyl sites for hydroxylation is 2. The number of hydrogen-bond donors (Lipinski definition) is 1. The second-order valence-electron chi connectivity index (χ2n) is 7.31. The fraction of sp³-hybridized carbons (Fsp3) is 0.208. The Bertz CT molecular complexity index is 1060. The summed E-state index contributed by atoms with van der Waals surface area (Å²) in [6, 6.07) is 14.2. The molecule has 0 aliphatic heterocycles. The molecule has 1 heterocycles. The molecule has 1 N–H and O–H groups in total. The fourth-order valence-corrected chi connectivity index (χ4v) is 3.41. The summed E-state index contributed by atoms with van der Waals surface area (Å²) in [6.45, 7) is 4.11. The van der Waals surface area contributed by atoms with Crippen LogP contribution in [0.3, 0.4) is 0 Å². The quantitative estimate of drug-likeness (QED) is 0.584. The highest BCUT2D eigenvalue weighted by molar-refractivity contribution is 6.30. The van der Waals surface area contributed by atoms with Gasteiger partial charge in [-0.05, 0) is 61.4 Å². The summed E-state index contributed by atoms with van der Waals surface area (Å²) in [5.41, 5.74) is 3.75. The first kappa shape index (κ1) is 22.3. The number of nitrogens with zero attached hydrogens (tertiary/aromatic N) is 2. The van der Waals surface area contributed by atoms with Crippen LogP contribution in [-0.4, -0.2) is 35.3 Å². The van der Waals surface area contributed by atoms with E-state index in [9.17, 15) is 9.59 Å². The molecule has 0 bridgehead atoms. The first-order valence-corrected chi connectivity index (χ1v) is 10.1. The topological polar surface area (TPSA) is 71.5 Å². The Morgan fingerprint density at radius 2 is 1.84 bits per heavy atom. The molecule has 2 amide bonds. The van der Waals surface area contributed by atoms with Gasteiger partial charge in [-0.1, -0.05) is 23.7 Å². The Hall–Kier alpha value is -3.38. The highest BCUT2D eigenvalue weighted by atomic mass is 35.5. The van der Waals surface area contributed by atoms with Crippen LogP contribution in [-0.2, 0) is 11.4 Å². The van der Waals surface area contributed by atoms with Crippen molar-refractivity contribution in [3.63, 3.8) is 0 Å². The average Bonchev–Trinajstić information content (AvgIpc) is 2.73. The lowest BCUT2D eigenvalue weighted by Crippen LogP contribution is -2.35. The molecule has 0 atom stereocenters. The zero-order valence-electron chi connectivity index (χ0n) is 17.7. The Balaban J connectivity index is 1.64. The molecule has 2 aromatic carbocycles. The van der Waals surface area contributed by atoms with Crippen molar-refractivity contribution in [1.82, 2.24) is 9.88 Å². The molecule has 1 aromatic heterocycles. The molecule has 7 heteroatoms. The van der Waals surface area contributed by atoms with E-state index in [1.54, 1.807) is 55.8 Å². The van der Waals surface area contributed by atoms with Gasteiger partial charge in [0, 0.05) is 41.3 Å². The Kier molecular flexibility index (Phi) is 7.26. The van der Waals surface area contributed by atoms with E-state index in [1.807, 2.05) is 26.0 Å². The monoisotopic (exact) mass is 437 g/mol. The van der Waals surface area contributed by atoms with Crippen LogP contribution in [0.1, 0.15) is 27.0 Å². The van der Waals surface area contributed by atoms with Gasteiger partial charge in [0.15, 0.2) is 0 Å². The lowest BCUT2D eigenvalue weighted by molar-refractivity contribution is -0.116. The first-order valence-electron chi connectivity index (χ1n) is 9.77. The number of rotatable bonds is 7. The number of likely N-dealkylation sites (N-methyl/N-ethyl adjacent to an activating group) is 1. The van der Waals surface area contributed by atoms with Gasteiger partial charge in [-0.3, -0.25) is 14.6 Å². The van der Waals surface area contributed by atoms with Gasteiger partial charge in [0.2, 0.25) is 5.91 Å². The number of benzene rings is 2. The smallest absolute Gasteiger partial charge is 0.254 e. The highest BCUT2D eigenvalue weighted by Crippen LogP contribution is 2.26. The molecule has 160 valence electrons. The third kappa shape index (κ3) is 6.06. The van der Waals surface area contributed by atoms with Crippen LogP contribution in [0, 0.1) is 13.8 Å². The summed E-state index contributed by atoms with van der Waals surface area (Å²) in [5, 5.41) is 3.27. The van der Waals surface area contributed by atoms with E-state index in [1.165, 1.54) is 4.90 Å². The van der Waals surface area contributed by atoms with Gasteiger partial charge in [-0.2, -0.15) is 0 Å². The number of aromatic nitrogens is 1. The SMILES string of the molecule is Cc1cc(C(=O)N(C)CC(=O)Nc2cccc(Cl)c2)cc(C)c1OCc1cccnc1. The van der Waals surface area contributed by atoms with Crippen molar-refractivity contribution in [3.8, 4) is 5.75 Å². The molecule has 0 unspecified atom stereocenters. The molecule has 0 aliphatic rings. The lowest BCUT2D eigenvalue weighted by atomic mass is 10.0. The van der Waals surface area contributed by atoms with Crippen molar-refractivity contribution in [2.75, 3.05) is 18.9 Å². The Morgan fingerprint density at radius 1 is 1.10 bits per heavy atom. The summed E-state index contributed by atoms with van der Waals surface area (Å²) in [4.78, 5) is 30.6. The fourth-order valence-electron chi connectivity index (χ4n) is 3.21. The molecule has 6 nitrogen and oxygen atoms in total. The van der Waals surface area contributed by atoms with Crippen LogP contribution in [0.4, 0.5) is 5.69 Å². The van der Waals surface area contributed by atoms with Crippen LogP contribution < -0.4 is 10.1 Å². The van der Waals surface area contributed by atoms with Crippen LogP contribution in [0.15, 0.2) is 60.9 Å². The van der Waals surface area contributed by atoms with Crippen LogP contribution in [0.25, 0.3) is 0 Å². The minimum absolute atomic E-state index is 0.0807. The van der Waals surface area contributed by atoms with E-state index < -0.39 is 0 Å². The number of carbonyl (C=O) groups excluding carboxylic acids is 2. The van der Waals surface area contributed by atoms with Gasteiger partial charge in [0.1, 0.15) is 12.4 Å². The van der Waals surface area contributed by atoms with Crippen molar-refractivity contribution in [2.45, 2.75) is 20.5 Å². The average molecular weight is 438 g/mol. The molecule has 3 aromatic rings. The maximum Gasteiger partial charge on any atom is 0.254 e. The number of carbonyl (C=O) groups is 2. The highest BCUT2D eigenvalue weighted by Gasteiger charge is 2.18. The third-order valence-electron chi connectivity index (χ3n) is 4.65. The van der Waals surface area contributed by atoms with E-state index in [2.05, 4.69) is 10.3 Å². The largest absolute Gasteiger partial charge is 0.488 e. The van der Waals surface area contributed by atoms with E-state index in [4.69, 9.17) is 16.3 Å². The van der Waals surface area contributed by atoms with E-state index in [0.29, 0.717) is 22.9 Å². The second kappa shape index (κ2) is 10.1. The van der Waals surface area contributed by atoms with Crippen molar-refractivity contribution in [1.29, 1.82) is 0 Å². The number of hydrogen-bond acceptors (Lipinski definition) is 4. The number of amides is 2. The number of ether oxygens (including phenoxy) is 1. The second-order valence-corrected chi connectivity index (χ2v) is 7.75. The van der Waals surface area contributed by atoms with Gasteiger partial charge in [0.05, 0.1) is 6.54 Å². The molecule has 0 radical (unpaired) electrons. The summed E-state index contributed by atoms with van der Waals surface area (Å²) in [6.07, 6.45) is 3.47. The third-order valence-corrected chi connectivity index (χ3v) is 4.88. The summed E-state index contributed by atoms with van der Waals surface area (Å²) < 4.78 is 5.95. The van der Waals surface area contributed by atoms with Crippen LogP contribution >= 0.6 is 11.6 Å². The predicted molar refractivity (Wildman–Crippen MR) is 122 cm³/mol. The molecule has 0 saturated heterocycles. The van der Waals surface area contributed by atoms with Gasteiger partial charge >= 0.3 is 0 Å². The first-order chi connectivity index (χ1) is 14.8. The minimum Gasteiger partial charge on any atom is -0.488 e. The number of pyridine rings is 1. The normalized spacial score (nSPS) is 10.5. The number of halogens is 1. The minimum atomic E-state index is -0.303. The van der Waals surface area contributed by atoms with Crippen molar-refractivity contribution in [2.24, 2.45) is 0 Å². The Morgan fingerprint density at radius 3 is 2.48 bits per heavy atom. The molecule has 3 rings (SSSR count). The molecule has 0 fully saturated rings. The zero-order chi connectivity index (χ0) is 22.4. The van der Waals surface area contributed by atoms with Crippen molar-refractivity contribution < 1.29 is 14.3 Å². The van der Waals surface area contributed by atoms with Crippen molar-refractivity contribution in [3.05, 3.63) is 88.2 Å². The maximum absolute atomic E-state index is 12.9. The summed E-state index contributed by atoms with van der Waals surface area (Å²) in [7, 11) is 1.59. The standard InChI is InChI=1S/C24H24ClN3O3/c1-16-10-19(11-17(2)23(16)31-15-18-6-5-9-26-13-18)24(30)28(3)14-22(29)27-21-8-4-7-20(25)12-21/h4-13H,14-15H2,1-3H3,(H,27,29). The van der Waals surface area contributed by atoms with Gasteiger partial charge in [-0.25, -0.2) is 0 Å². The molecular formula is C24H24ClN3O3. The van der Waals surface area contributed by atoms with E-state index in [0.717, 1.165) is 22.4 Å². The number of nitrogens with one attached hydrogen (secondary N) is 1. The van der Waals surface area contributed by atoms with Crippen LogP contribution in [0.2, 0.25) is 5.02 Å². The van der Waals surface area contributed by atoms with Gasteiger partial charge in [-0.15, -0.1) is 0 Å². The van der Waals surface area contributed by atoms with Gasteiger partial charge < -0.3 is 15.0 Å². The number of anilines is 1. The van der Waals surface area contributed by atoms with E-state index in [-0.39, 0.29) is 18.4 Å². The van der Waals surface area contributed by atoms with E-state index >= 15 is 0 Å². The molecule has 0 aliphatic carbocycles. The summed E-state index contributed by atoms with van der Waals surface area (Å²) in [5.74, 6) is 0.191. The maximum atomic E-state index is 12.9. The summed E-state index contributed by atoms with van der Waals surface area (Å²) >= 11 is 5.93. The molecule has 0 saturated carbocycles. The molecular weight excluding hydrogens is 414 g/mol. The predicted octanol–water partition coefficient (Wildman–Crippen LogP) is 4.64.